The number of allylic oxidation sites excluding steroid dienone is 3. The SMILES string of the molecule is C=C1CC[C@H]2C(C)(C)CCC[C@]2(C)[C@H]1CCC1=C(C)CC[C@H]2C(C)(C)CCC[C@]12C. The van der Waals surface area contributed by atoms with E-state index in [1.54, 1.807) is 11.1 Å². The number of fused-ring (bicyclic) bond motifs is 2. The molecule has 4 rings (SSSR count). The van der Waals surface area contributed by atoms with Gasteiger partial charge < -0.3 is 0 Å². The van der Waals surface area contributed by atoms with E-state index >= 15 is 0 Å². The molecule has 0 aromatic heterocycles. The van der Waals surface area contributed by atoms with Crippen molar-refractivity contribution in [3.63, 3.8) is 0 Å². The molecule has 0 amide bonds. The van der Waals surface area contributed by atoms with E-state index in [0.29, 0.717) is 21.7 Å². The number of hydrogen-bond donors (Lipinski definition) is 0. The molecule has 0 bridgehead atoms. The second-order valence-electron chi connectivity index (χ2n) is 13.8. The number of rotatable bonds is 3. The highest BCUT2D eigenvalue weighted by atomic mass is 14.6. The topological polar surface area (TPSA) is 0 Å². The maximum atomic E-state index is 4.67. The van der Waals surface area contributed by atoms with Crippen LogP contribution < -0.4 is 0 Å². The third kappa shape index (κ3) is 3.47. The fourth-order valence-corrected chi connectivity index (χ4v) is 9.79. The molecule has 0 radical (unpaired) electrons. The average Bonchev–Trinajstić information content (AvgIpc) is 2.61. The molecule has 0 aromatic carbocycles. The Bertz CT molecular complexity index is 718. The van der Waals surface area contributed by atoms with Crippen LogP contribution in [-0.4, -0.2) is 0 Å². The van der Waals surface area contributed by atoms with Crippen molar-refractivity contribution in [1.82, 2.24) is 0 Å². The van der Waals surface area contributed by atoms with E-state index in [2.05, 4.69) is 55.0 Å². The monoisotopic (exact) mass is 410 g/mol. The maximum absolute atomic E-state index is 4.67. The molecule has 170 valence electrons. The van der Waals surface area contributed by atoms with Crippen LogP contribution in [0.25, 0.3) is 0 Å². The van der Waals surface area contributed by atoms with E-state index in [1.807, 2.05) is 5.57 Å². The van der Waals surface area contributed by atoms with Crippen LogP contribution in [0.4, 0.5) is 0 Å². The molecule has 0 spiro atoms. The minimum absolute atomic E-state index is 0.451. The molecule has 0 saturated heterocycles. The van der Waals surface area contributed by atoms with Crippen molar-refractivity contribution in [3.05, 3.63) is 23.3 Å². The normalized spacial score (nSPS) is 43.2. The van der Waals surface area contributed by atoms with Gasteiger partial charge in [-0.2, -0.15) is 0 Å². The summed E-state index contributed by atoms with van der Waals surface area (Å²) in [6, 6.07) is 0. The second kappa shape index (κ2) is 7.52. The van der Waals surface area contributed by atoms with Gasteiger partial charge in [-0.15, -0.1) is 0 Å². The van der Waals surface area contributed by atoms with Crippen LogP contribution in [0.3, 0.4) is 0 Å². The molecular formula is C30H50. The molecule has 0 aliphatic heterocycles. The lowest BCUT2D eigenvalue weighted by Gasteiger charge is -2.59. The Morgan fingerprint density at radius 2 is 1.40 bits per heavy atom. The molecule has 3 saturated carbocycles. The highest BCUT2D eigenvalue weighted by Gasteiger charge is 2.54. The molecule has 0 heteroatoms. The lowest BCUT2D eigenvalue weighted by Crippen LogP contribution is -2.49. The summed E-state index contributed by atoms with van der Waals surface area (Å²) >= 11 is 0. The summed E-state index contributed by atoms with van der Waals surface area (Å²) in [6.45, 7) is 22.7. The van der Waals surface area contributed by atoms with Crippen LogP contribution in [0.15, 0.2) is 23.3 Å². The summed E-state index contributed by atoms with van der Waals surface area (Å²) in [5, 5.41) is 0. The lowest BCUT2D eigenvalue weighted by atomic mass is 9.46. The molecule has 0 N–H and O–H groups in total. The van der Waals surface area contributed by atoms with E-state index < -0.39 is 0 Å². The van der Waals surface area contributed by atoms with Crippen molar-refractivity contribution in [2.24, 2.45) is 39.4 Å². The summed E-state index contributed by atoms with van der Waals surface area (Å²) in [5.74, 6) is 2.49. The highest BCUT2D eigenvalue weighted by Crippen LogP contribution is 2.64. The summed E-state index contributed by atoms with van der Waals surface area (Å²) < 4.78 is 0. The van der Waals surface area contributed by atoms with Crippen molar-refractivity contribution < 1.29 is 0 Å². The van der Waals surface area contributed by atoms with Gasteiger partial charge in [-0.3, -0.25) is 0 Å². The van der Waals surface area contributed by atoms with Gasteiger partial charge in [0.05, 0.1) is 0 Å². The maximum Gasteiger partial charge on any atom is -0.00804 e. The first-order valence-corrected chi connectivity index (χ1v) is 13.3. The Hall–Kier alpha value is -0.520. The van der Waals surface area contributed by atoms with E-state index in [1.165, 1.54) is 77.0 Å². The van der Waals surface area contributed by atoms with Crippen molar-refractivity contribution in [1.29, 1.82) is 0 Å². The van der Waals surface area contributed by atoms with Crippen LogP contribution in [0.5, 0.6) is 0 Å². The standard InChI is InChI=1S/C30H50/c1-21-11-15-25-27(3,4)17-9-19-29(25,7)23(21)13-14-24-22(2)12-16-26-28(5,6)18-10-20-30(24,26)8/h23,25-26H,1,9-20H2,2-8H3/t23-,25-,26-,29+,30+/m0/s1. The van der Waals surface area contributed by atoms with Gasteiger partial charge in [-0.25, -0.2) is 0 Å². The summed E-state index contributed by atoms with van der Waals surface area (Å²) in [5.41, 5.74) is 7.16. The fraction of sp³-hybridized carbons (Fsp3) is 0.867. The fourth-order valence-electron chi connectivity index (χ4n) is 9.79. The predicted molar refractivity (Wildman–Crippen MR) is 131 cm³/mol. The Labute approximate surface area is 188 Å². The molecule has 0 aromatic rings. The number of hydrogen-bond acceptors (Lipinski definition) is 0. The van der Waals surface area contributed by atoms with Crippen molar-refractivity contribution in [3.8, 4) is 0 Å². The van der Waals surface area contributed by atoms with Crippen molar-refractivity contribution in [2.75, 3.05) is 0 Å². The van der Waals surface area contributed by atoms with E-state index in [-0.39, 0.29) is 0 Å². The first-order valence-electron chi connectivity index (χ1n) is 13.3. The minimum atomic E-state index is 0.451. The van der Waals surface area contributed by atoms with Gasteiger partial charge in [-0.05, 0) is 111 Å². The molecule has 3 fully saturated rings. The van der Waals surface area contributed by atoms with Gasteiger partial charge in [0.25, 0.3) is 0 Å². The molecule has 0 unspecified atom stereocenters. The average molecular weight is 411 g/mol. The first-order chi connectivity index (χ1) is 13.9. The molecule has 4 aliphatic rings. The molecule has 30 heavy (non-hydrogen) atoms. The van der Waals surface area contributed by atoms with Gasteiger partial charge >= 0.3 is 0 Å². The van der Waals surface area contributed by atoms with E-state index in [4.69, 9.17) is 0 Å². The Balaban J connectivity index is 1.59. The minimum Gasteiger partial charge on any atom is -0.0996 e. The second-order valence-corrected chi connectivity index (χ2v) is 13.8. The van der Waals surface area contributed by atoms with Crippen LogP contribution in [0.2, 0.25) is 0 Å². The third-order valence-electron chi connectivity index (χ3n) is 11.2. The van der Waals surface area contributed by atoms with Crippen molar-refractivity contribution >= 4 is 0 Å². The predicted octanol–water partition coefficient (Wildman–Crippen LogP) is 9.51. The van der Waals surface area contributed by atoms with Crippen LogP contribution in [0, 0.1) is 39.4 Å². The lowest BCUT2D eigenvalue weighted by molar-refractivity contribution is -0.0550. The van der Waals surface area contributed by atoms with E-state index in [9.17, 15) is 0 Å². The summed E-state index contributed by atoms with van der Waals surface area (Å²) in [4.78, 5) is 0. The Morgan fingerprint density at radius 1 is 0.800 bits per heavy atom. The highest BCUT2D eigenvalue weighted by molar-refractivity contribution is 5.28. The molecule has 4 aliphatic carbocycles. The molecule has 0 heterocycles. The smallest absolute Gasteiger partial charge is 0.00804 e. The van der Waals surface area contributed by atoms with Crippen LogP contribution in [0.1, 0.15) is 126 Å². The van der Waals surface area contributed by atoms with Gasteiger partial charge in [-0.1, -0.05) is 77.7 Å². The molecular weight excluding hydrogens is 360 g/mol. The zero-order chi connectivity index (χ0) is 21.9. The van der Waals surface area contributed by atoms with Crippen molar-refractivity contribution in [2.45, 2.75) is 126 Å². The van der Waals surface area contributed by atoms with Gasteiger partial charge in [0.15, 0.2) is 0 Å². The molecule has 5 atom stereocenters. The zero-order valence-electron chi connectivity index (χ0n) is 21.4. The summed E-state index contributed by atoms with van der Waals surface area (Å²) in [6.07, 6.45) is 16.6. The zero-order valence-corrected chi connectivity index (χ0v) is 21.4. The quantitative estimate of drug-likeness (QED) is 0.406. The Kier molecular flexibility index (Phi) is 5.68. The first kappa shape index (κ1) is 22.7. The molecule has 0 nitrogen and oxygen atoms in total. The van der Waals surface area contributed by atoms with Gasteiger partial charge in [0.1, 0.15) is 0 Å². The summed E-state index contributed by atoms with van der Waals surface area (Å²) in [7, 11) is 0. The largest absolute Gasteiger partial charge is 0.0996 e. The van der Waals surface area contributed by atoms with Gasteiger partial charge in [0.2, 0.25) is 0 Å². The van der Waals surface area contributed by atoms with Crippen LogP contribution in [-0.2, 0) is 0 Å². The third-order valence-corrected chi connectivity index (χ3v) is 11.2. The van der Waals surface area contributed by atoms with Crippen LogP contribution >= 0.6 is 0 Å². The van der Waals surface area contributed by atoms with E-state index in [0.717, 1.165) is 17.8 Å². The van der Waals surface area contributed by atoms with Gasteiger partial charge in [0, 0.05) is 0 Å². The Morgan fingerprint density at radius 3 is 2.10 bits per heavy atom.